The zero-order valence-corrected chi connectivity index (χ0v) is 8.82. The Bertz CT molecular complexity index is 566. The summed E-state index contributed by atoms with van der Waals surface area (Å²) < 4.78 is 38.5. The lowest BCUT2D eigenvalue weighted by molar-refractivity contribution is 0.102. The lowest BCUT2D eigenvalue weighted by Gasteiger charge is -2.04. The number of nitrogens with one attached hydrogen (secondary N) is 1. The largest absolute Gasteiger partial charge is 0.305 e. The van der Waals surface area contributed by atoms with Crippen LogP contribution >= 0.6 is 0 Å². The van der Waals surface area contributed by atoms with Crippen molar-refractivity contribution in [3.05, 3.63) is 53.5 Å². The molecule has 0 unspecified atom stereocenters. The highest BCUT2D eigenvalue weighted by Gasteiger charge is 2.15. The van der Waals surface area contributed by atoms with Crippen molar-refractivity contribution in [1.82, 2.24) is 10.2 Å². The van der Waals surface area contributed by atoms with E-state index < -0.39 is 23.4 Å². The first-order valence-electron chi connectivity index (χ1n) is 4.81. The third kappa shape index (κ3) is 2.45. The molecule has 1 N–H and O–H groups in total. The third-order valence-electron chi connectivity index (χ3n) is 2.06. The summed E-state index contributed by atoms with van der Waals surface area (Å²) in [5, 5.41) is 9.33. The molecule has 0 fully saturated rings. The monoisotopic (exact) mass is 253 g/mol. The van der Waals surface area contributed by atoms with E-state index >= 15 is 0 Å². The first-order valence-corrected chi connectivity index (χ1v) is 4.81. The fourth-order valence-electron chi connectivity index (χ4n) is 1.24. The van der Waals surface area contributed by atoms with E-state index in [1.807, 2.05) is 0 Å². The van der Waals surface area contributed by atoms with Gasteiger partial charge < -0.3 is 5.32 Å². The highest BCUT2D eigenvalue weighted by molar-refractivity contribution is 6.03. The molecule has 0 aliphatic rings. The molecule has 0 bridgehead atoms. The lowest BCUT2D eigenvalue weighted by Crippen LogP contribution is -2.14. The summed E-state index contributed by atoms with van der Waals surface area (Å²) in [7, 11) is 0. The summed E-state index contributed by atoms with van der Waals surface area (Å²) in [5.41, 5.74) is -0.350. The molecule has 1 aromatic carbocycles. The van der Waals surface area contributed by atoms with Gasteiger partial charge in [0.15, 0.2) is 23.3 Å². The van der Waals surface area contributed by atoms with Crippen molar-refractivity contribution in [3.63, 3.8) is 0 Å². The molecule has 0 saturated carbocycles. The Morgan fingerprint density at radius 2 is 1.83 bits per heavy atom. The third-order valence-corrected chi connectivity index (χ3v) is 2.06. The van der Waals surface area contributed by atoms with E-state index in [4.69, 9.17) is 0 Å². The SMILES string of the molecule is O=C(Nc1cccnn1)c1cc(F)c(F)c(F)c1. The van der Waals surface area contributed by atoms with Gasteiger partial charge in [-0.25, -0.2) is 13.2 Å². The highest BCUT2D eigenvalue weighted by atomic mass is 19.2. The van der Waals surface area contributed by atoms with Crippen LogP contribution in [0.4, 0.5) is 19.0 Å². The molecule has 0 spiro atoms. The van der Waals surface area contributed by atoms with Crippen molar-refractivity contribution in [3.8, 4) is 0 Å². The van der Waals surface area contributed by atoms with Crippen molar-refractivity contribution < 1.29 is 18.0 Å². The molecule has 0 aliphatic heterocycles. The van der Waals surface area contributed by atoms with Crippen LogP contribution in [0.3, 0.4) is 0 Å². The molecule has 0 aliphatic carbocycles. The Labute approximate surface area is 99.5 Å². The second-order valence-corrected chi connectivity index (χ2v) is 3.32. The quantitative estimate of drug-likeness (QED) is 0.834. The van der Waals surface area contributed by atoms with Crippen LogP contribution in [0.2, 0.25) is 0 Å². The standard InChI is InChI=1S/C11H6F3N3O/c12-7-4-6(5-8(13)10(7)14)11(18)16-9-2-1-3-15-17-9/h1-5H,(H,16,17,18). The van der Waals surface area contributed by atoms with E-state index in [1.165, 1.54) is 18.3 Å². The molecule has 1 heterocycles. The van der Waals surface area contributed by atoms with Gasteiger partial charge in [0, 0.05) is 11.8 Å². The van der Waals surface area contributed by atoms with Crippen molar-refractivity contribution >= 4 is 11.7 Å². The van der Waals surface area contributed by atoms with E-state index in [1.54, 1.807) is 0 Å². The zero-order chi connectivity index (χ0) is 13.1. The van der Waals surface area contributed by atoms with Crippen molar-refractivity contribution in [1.29, 1.82) is 0 Å². The van der Waals surface area contributed by atoms with Crippen molar-refractivity contribution in [2.24, 2.45) is 0 Å². The van der Waals surface area contributed by atoms with Crippen LogP contribution < -0.4 is 5.32 Å². The average molecular weight is 253 g/mol. The predicted molar refractivity (Wildman–Crippen MR) is 56.3 cm³/mol. The molecule has 92 valence electrons. The van der Waals surface area contributed by atoms with Gasteiger partial charge in [0.25, 0.3) is 5.91 Å². The molecular formula is C11H6F3N3O. The van der Waals surface area contributed by atoms with Crippen LogP contribution in [0.25, 0.3) is 0 Å². The molecule has 0 radical (unpaired) electrons. The average Bonchev–Trinajstić information content (AvgIpc) is 2.36. The number of carbonyl (C=O) groups excluding carboxylic acids is 1. The topological polar surface area (TPSA) is 54.9 Å². The van der Waals surface area contributed by atoms with Gasteiger partial charge in [0.05, 0.1) is 0 Å². The first-order chi connectivity index (χ1) is 8.58. The summed E-state index contributed by atoms with van der Waals surface area (Å²) in [6.07, 6.45) is 1.40. The first kappa shape index (κ1) is 12.0. The van der Waals surface area contributed by atoms with Gasteiger partial charge in [-0.3, -0.25) is 4.79 Å². The molecule has 4 nitrogen and oxygen atoms in total. The van der Waals surface area contributed by atoms with Crippen LogP contribution in [0.15, 0.2) is 30.5 Å². The maximum absolute atomic E-state index is 12.9. The van der Waals surface area contributed by atoms with E-state index in [-0.39, 0.29) is 11.4 Å². The van der Waals surface area contributed by atoms with Gasteiger partial charge >= 0.3 is 0 Å². The summed E-state index contributed by atoms with van der Waals surface area (Å²) in [6, 6.07) is 4.17. The van der Waals surface area contributed by atoms with E-state index in [2.05, 4.69) is 15.5 Å². The summed E-state index contributed by atoms with van der Waals surface area (Å²) >= 11 is 0. The summed E-state index contributed by atoms with van der Waals surface area (Å²) in [6.45, 7) is 0. The number of hydrogen-bond donors (Lipinski definition) is 1. The van der Waals surface area contributed by atoms with Crippen LogP contribution in [-0.4, -0.2) is 16.1 Å². The summed E-state index contributed by atoms with van der Waals surface area (Å²) in [4.78, 5) is 11.6. The second kappa shape index (κ2) is 4.82. The Balaban J connectivity index is 2.25. The van der Waals surface area contributed by atoms with E-state index in [9.17, 15) is 18.0 Å². The lowest BCUT2D eigenvalue weighted by atomic mass is 10.2. The van der Waals surface area contributed by atoms with Gasteiger partial charge in [-0.1, -0.05) is 0 Å². The molecular weight excluding hydrogens is 247 g/mol. The maximum atomic E-state index is 12.9. The predicted octanol–water partition coefficient (Wildman–Crippen LogP) is 2.15. The molecule has 7 heteroatoms. The van der Waals surface area contributed by atoms with Crippen LogP contribution in [0.5, 0.6) is 0 Å². The second-order valence-electron chi connectivity index (χ2n) is 3.32. The van der Waals surface area contributed by atoms with Crippen LogP contribution in [-0.2, 0) is 0 Å². The Hall–Kier alpha value is -2.44. The van der Waals surface area contributed by atoms with Crippen molar-refractivity contribution in [2.75, 3.05) is 5.32 Å². The smallest absolute Gasteiger partial charge is 0.257 e. The zero-order valence-electron chi connectivity index (χ0n) is 8.82. The molecule has 1 aromatic heterocycles. The number of anilines is 1. The van der Waals surface area contributed by atoms with Gasteiger partial charge in [-0.2, -0.15) is 5.10 Å². The number of rotatable bonds is 2. The number of carbonyl (C=O) groups is 1. The molecule has 0 saturated heterocycles. The fourth-order valence-corrected chi connectivity index (χ4v) is 1.24. The van der Waals surface area contributed by atoms with Gasteiger partial charge in [-0.15, -0.1) is 5.10 Å². The number of halogens is 3. The van der Waals surface area contributed by atoms with Gasteiger partial charge in [0.1, 0.15) is 0 Å². The molecule has 18 heavy (non-hydrogen) atoms. The Kier molecular flexibility index (Phi) is 3.22. The van der Waals surface area contributed by atoms with E-state index in [0.717, 1.165) is 0 Å². The Morgan fingerprint density at radius 1 is 1.17 bits per heavy atom. The highest BCUT2D eigenvalue weighted by Crippen LogP contribution is 2.14. The van der Waals surface area contributed by atoms with Gasteiger partial charge in [-0.05, 0) is 24.3 Å². The maximum Gasteiger partial charge on any atom is 0.257 e. The number of amides is 1. The van der Waals surface area contributed by atoms with Crippen molar-refractivity contribution in [2.45, 2.75) is 0 Å². The minimum atomic E-state index is -1.62. The Morgan fingerprint density at radius 3 is 2.39 bits per heavy atom. The summed E-state index contributed by atoms with van der Waals surface area (Å²) in [5.74, 6) is -5.18. The molecule has 0 atom stereocenters. The number of benzene rings is 1. The number of aromatic nitrogens is 2. The van der Waals surface area contributed by atoms with Crippen LogP contribution in [0, 0.1) is 17.5 Å². The number of nitrogens with zero attached hydrogens (tertiary/aromatic N) is 2. The normalized spacial score (nSPS) is 10.2. The number of hydrogen-bond acceptors (Lipinski definition) is 3. The molecule has 2 rings (SSSR count). The van der Waals surface area contributed by atoms with Gasteiger partial charge in [0.2, 0.25) is 0 Å². The minimum Gasteiger partial charge on any atom is -0.305 e. The fraction of sp³-hybridized carbons (Fsp3) is 0. The molecule has 2 aromatic rings. The minimum absolute atomic E-state index is 0.118. The molecule has 1 amide bonds. The van der Waals surface area contributed by atoms with Crippen LogP contribution in [0.1, 0.15) is 10.4 Å². The van der Waals surface area contributed by atoms with E-state index in [0.29, 0.717) is 12.1 Å².